The van der Waals surface area contributed by atoms with E-state index in [2.05, 4.69) is 55.4 Å². The molecule has 0 aromatic carbocycles. The van der Waals surface area contributed by atoms with Crippen LogP contribution in [0.5, 0.6) is 0 Å². The Morgan fingerprint density at radius 3 is 0.681 bits per heavy atom. The third kappa shape index (κ3) is 66.5. The molecule has 0 aliphatic heterocycles. The number of aliphatic hydroxyl groups is 1. The van der Waals surface area contributed by atoms with Crippen molar-refractivity contribution in [3.8, 4) is 0 Å². The van der Waals surface area contributed by atoms with Crippen LogP contribution in [0.25, 0.3) is 0 Å². The first kappa shape index (κ1) is 89.1. The molecule has 0 amide bonds. The third-order valence-electron chi connectivity index (χ3n) is 16.6. The summed E-state index contributed by atoms with van der Waals surface area (Å²) >= 11 is 0. The molecule has 0 saturated carbocycles. The molecular formula is C72H140O17P2. The first-order valence-corrected chi connectivity index (χ1v) is 40.2. The fourth-order valence-corrected chi connectivity index (χ4v) is 12.4. The van der Waals surface area contributed by atoms with E-state index in [9.17, 15) is 43.2 Å². The molecule has 0 aliphatic carbocycles. The molecule has 0 radical (unpaired) electrons. The number of hydrogen-bond acceptors (Lipinski definition) is 15. The Morgan fingerprint density at radius 1 is 0.275 bits per heavy atom. The molecule has 0 saturated heterocycles. The molecule has 3 N–H and O–H groups in total. The summed E-state index contributed by atoms with van der Waals surface area (Å²) in [4.78, 5) is 72.6. The number of aliphatic hydroxyl groups excluding tert-OH is 1. The van der Waals surface area contributed by atoms with Gasteiger partial charge < -0.3 is 33.8 Å². The summed E-state index contributed by atoms with van der Waals surface area (Å²) < 4.78 is 68.4. The van der Waals surface area contributed by atoms with E-state index in [0.29, 0.717) is 31.6 Å². The standard InChI is InChI=1S/C72H140O17P2/c1-62(2)48-40-32-24-17-12-9-10-14-20-28-36-44-52-69(74)82-58-67(89-72(77)55-47-39-30-22-16-19-26-34-42-50-64(5)6)60-86-90(78,79)84-56-66(73)57-85-91(80,81)87-61-68(59-83-70(75)53-45-37-31-23-27-35-43-51-65(7)8)88-71(76)54-46-38-29-21-15-11-13-18-25-33-41-49-63(3)4/h62-68,73H,9-61H2,1-8H3,(H,78,79)(H,80,81)/t66?,67-,68-/m1/s1. The van der Waals surface area contributed by atoms with Crippen LogP contribution in [-0.4, -0.2) is 96.7 Å². The molecule has 0 aliphatic rings. The fraction of sp³-hybridized carbons (Fsp3) is 0.944. The minimum absolute atomic E-state index is 0.105. The van der Waals surface area contributed by atoms with E-state index < -0.39 is 97.5 Å². The average Bonchev–Trinajstić information content (AvgIpc) is 2.90. The Kier molecular flexibility index (Phi) is 60.3. The van der Waals surface area contributed by atoms with Crippen LogP contribution in [0.3, 0.4) is 0 Å². The van der Waals surface area contributed by atoms with Gasteiger partial charge in [0.2, 0.25) is 0 Å². The molecule has 0 rings (SSSR count). The second-order valence-corrected chi connectivity index (χ2v) is 30.8. The predicted octanol–water partition coefficient (Wildman–Crippen LogP) is 20.5. The number of esters is 4. The second-order valence-electron chi connectivity index (χ2n) is 27.9. The summed E-state index contributed by atoms with van der Waals surface area (Å²) in [7, 11) is -9.91. The predicted molar refractivity (Wildman–Crippen MR) is 367 cm³/mol. The molecule has 91 heavy (non-hydrogen) atoms. The lowest BCUT2D eigenvalue weighted by atomic mass is 10.0. The smallest absolute Gasteiger partial charge is 0.462 e. The lowest BCUT2D eigenvalue weighted by molar-refractivity contribution is -0.161. The van der Waals surface area contributed by atoms with Crippen LogP contribution in [0.1, 0.15) is 357 Å². The maximum atomic E-state index is 13.0. The molecular weight excluding hydrogens is 1200 g/mol. The molecule has 0 spiro atoms. The summed E-state index contributed by atoms with van der Waals surface area (Å²) in [6.07, 6.45) is 44.5. The largest absolute Gasteiger partial charge is 0.472 e. The van der Waals surface area contributed by atoms with Crippen LogP contribution >= 0.6 is 15.6 Å². The van der Waals surface area contributed by atoms with Crippen LogP contribution in [0.2, 0.25) is 0 Å². The summed E-state index contributed by atoms with van der Waals surface area (Å²) in [6.45, 7) is 14.1. The highest BCUT2D eigenvalue weighted by molar-refractivity contribution is 7.47. The number of ether oxygens (including phenoxy) is 4. The lowest BCUT2D eigenvalue weighted by Gasteiger charge is -2.21. The topological polar surface area (TPSA) is 237 Å². The number of phosphoric acid groups is 2. The van der Waals surface area contributed by atoms with Crippen LogP contribution in [0.4, 0.5) is 0 Å². The highest BCUT2D eigenvalue weighted by atomic mass is 31.2. The van der Waals surface area contributed by atoms with Crippen LogP contribution < -0.4 is 0 Å². The van der Waals surface area contributed by atoms with Gasteiger partial charge in [-0.3, -0.25) is 37.3 Å². The van der Waals surface area contributed by atoms with Gasteiger partial charge >= 0.3 is 39.5 Å². The van der Waals surface area contributed by atoms with Gasteiger partial charge in [-0.05, 0) is 49.4 Å². The molecule has 0 aromatic heterocycles. The summed E-state index contributed by atoms with van der Waals surface area (Å²) in [6, 6.07) is 0. The van der Waals surface area contributed by atoms with Gasteiger partial charge in [0.25, 0.3) is 0 Å². The summed E-state index contributed by atoms with van der Waals surface area (Å²) in [5.74, 6) is 0.862. The van der Waals surface area contributed by atoms with Crippen molar-refractivity contribution in [1.29, 1.82) is 0 Å². The van der Waals surface area contributed by atoms with E-state index in [4.69, 9.17) is 37.0 Å². The van der Waals surface area contributed by atoms with Gasteiger partial charge in [-0.25, -0.2) is 9.13 Å². The van der Waals surface area contributed by atoms with Gasteiger partial charge in [0.05, 0.1) is 26.4 Å². The molecule has 5 atom stereocenters. The lowest BCUT2D eigenvalue weighted by Crippen LogP contribution is -2.30. The molecule has 17 nitrogen and oxygen atoms in total. The maximum Gasteiger partial charge on any atom is 0.472 e. The van der Waals surface area contributed by atoms with Crippen molar-refractivity contribution in [2.75, 3.05) is 39.6 Å². The summed E-state index contributed by atoms with van der Waals surface area (Å²) in [5, 5.41) is 10.6. The first-order chi connectivity index (χ1) is 43.6. The Bertz CT molecular complexity index is 1800. The Balaban J connectivity index is 5.25. The highest BCUT2D eigenvalue weighted by Crippen LogP contribution is 2.45. The molecule has 0 bridgehead atoms. The van der Waals surface area contributed by atoms with E-state index in [-0.39, 0.29) is 25.7 Å². The molecule has 0 heterocycles. The van der Waals surface area contributed by atoms with Gasteiger partial charge in [0.1, 0.15) is 19.3 Å². The molecule has 3 unspecified atom stereocenters. The number of carbonyl (C=O) groups is 4. The zero-order chi connectivity index (χ0) is 67.5. The van der Waals surface area contributed by atoms with Crippen molar-refractivity contribution in [3.63, 3.8) is 0 Å². The first-order valence-electron chi connectivity index (χ1n) is 37.2. The van der Waals surface area contributed by atoms with Crippen molar-refractivity contribution in [2.24, 2.45) is 23.7 Å². The van der Waals surface area contributed by atoms with Crippen molar-refractivity contribution < 1.29 is 80.2 Å². The number of phosphoric ester groups is 2. The molecule has 540 valence electrons. The normalized spacial score (nSPS) is 14.2. The SMILES string of the molecule is CC(C)CCCCCCCCCCCCCCC(=O)OC[C@H](COP(=O)(O)OCC(O)COP(=O)(O)OC[C@@H](COC(=O)CCCCCCCCCC(C)C)OC(=O)CCCCCCCCCCCCCC(C)C)OC(=O)CCCCCCCCCCCC(C)C. The quantitative estimate of drug-likeness (QED) is 0.0222. The zero-order valence-corrected chi connectivity index (χ0v) is 61.3. The monoisotopic (exact) mass is 1340 g/mol. The van der Waals surface area contributed by atoms with Crippen molar-refractivity contribution in [2.45, 2.75) is 375 Å². The Hall–Kier alpha value is -1.94. The van der Waals surface area contributed by atoms with Gasteiger partial charge in [0.15, 0.2) is 12.2 Å². The van der Waals surface area contributed by atoms with Crippen LogP contribution in [0.15, 0.2) is 0 Å². The maximum absolute atomic E-state index is 13.0. The highest BCUT2D eigenvalue weighted by Gasteiger charge is 2.30. The van der Waals surface area contributed by atoms with Crippen molar-refractivity contribution in [1.82, 2.24) is 0 Å². The minimum Gasteiger partial charge on any atom is -0.462 e. The van der Waals surface area contributed by atoms with E-state index in [1.807, 2.05) is 0 Å². The fourth-order valence-electron chi connectivity index (χ4n) is 10.8. The van der Waals surface area contributed by atoms with E-state index in [1.165, 1.54) is 154 Å². The number of carbonyl (C=O) groups excluding carboxylic acids is 4. The van der Waals surface area contributed by atoms with Gasteiger partial charge in [-0.2, -0.15) is 0 Å². The number of unbranched alkanes of at least 4 members (excludes halogenated alkanes) is 35. The van der Waals surface area contributed by atoms with Crippen molar-refractivity contribution in [3.05, 3.63) is 0 Å². The van der Waals surface area contributed by atoms with E-state index in [0.717, 1.165) is 114 Å². The van der Waals surface area contributed by atoms with E-state index in [1.54, 1.807) is 0 Å². The number of hydrogen-bond donors (Lipinski definition) is 3. The van der Waals surface area contributed by atoms with Gasteiger partial charge in [0, 0.05) is 25.7 Å². The van der Waals surface area contributed by atoms with Crippen LogP contribution in [0, 0.1) is 23.7 Å². The van der Waals surface area contributed by atoms with Crippen molar-refractivity contribution >= 4 is 39.5 Å². The Morgan fingerprint density at radius 2 is 0.462 bits per heavy atom. The number of rotatable bonds is 69. The average molecular weight is 1340 g/mol. The summed E-state index contributed by atoms with van der Waals surface area (Å²) in [5.41, 5.74) is 0. The zero-order valence-electron chi connectivity index (χ0n) is 59.5. The van der Waals surface area contributed by atoms with E-state index >= 15 is 0 Å². The molecule has 0 aromatic rings. The van der Waals surface area contributed by atoms with Gasteiger partial charge in [-0.1, -0.05) is 306 Å². The Labute approximate surface area is 556 Å². The molecule has 19 heteroatoms. The second kappa shape index (κ2) is 61.6. The minimum atomic E-state index is -4.95. The molecule has 0 fully saturated rings. The third-order valence-corrected chi connectivity index (χ3v) is 18.5. The van der Waals surface area contributed by atoms with Crippen LogP contribution in [-0.2, 0) is 65.4 Å². The van der Waals surface area contributed by atoms with Gasteiger partial charge in [-0.15, -0.1) is 0 Å².